The molecule has 1 atom stereocenters. The normalized spacial score (nSPS) is 17.2. The van der Waals surface area contributed by atoms with E-state index in [1.165, 1.54) is 16.2 Å². The van der Waals surface area contributed by atoms with E-state index in [0.717, 1.165) is 24.8 Å². The molecule has 116 valence electrons. The number of esters is 1. The molecule has 1 unspecified atom stereocenters. The molecule has 1 aliphatic rings. The van der Waals surface area contributed by atoms with Crippen molar-refractivity contribution in [2.24, 2.45) is 5.92 Å². The molecule has 1 aromatic rings. The minimum absolute atomic E-state index is 0.165. The van der Waals surface area contributed by atoms with Crippen molar-refractivity contribution in [3.05, 3.63) is 16.0 Å². The molecule has 1 amide bonds. The summed E-state index contributed by atoms with van der Waals surface area (Å²) in [7, 11) is 0. The van der Waals surface area contributed by atoms with E-state index >= 15 is 0 Å². The average molecular weight is 330 g/mol. The number of hydrogen-bond acceptors (Lipinski definition) is 4. The zero-order valence-corrected chi connectivity index (χ0v) is 13.9. The first-order valence-corrected chi connectivity index (χ1v) is 8.59. The lowest BCUT2D eigenvalue weighted by Gasteiger charge is -2.18. The van der Waals surface area contributed by atoms with E-state index in [9.17, 15) is 9.59 Å². The standard InChI is InChI=1S/C15H20ClNO3S/c1-3-20-15(19)13-10-5-4-9(2)8-11(10)21-14(13)17-12(18)6-7-16/h9H,3-8H2,1-2H3,(H,17,18). The van der Waals surface area contributed by atoms with Crippen molar-refractivity contribution in [3.63, 3.8) is 0 Å². The number of carbonyl (C=O) groups is 2. The summed E-state index contributed by atoms with van der Waals surface area (Å²) in [6, 6.07) is 0. The molecule has 0 bridgehead atoms. The predicted octanol–water partition coefficient (Wildman–Crippen LogP) is 3.62. The number of anilines is 1. The minimum Gasteiger partial charge on any atom is -0.462 e. The van der Waals surface area contributed by atoms with E-state index < -0.39 is 0 Å². The second-order valence-corrected chi connectivity index (χ2v) is 6.75. The van der Waals surface area contributed by atoms with Crippen molar-refractivity contribution >= 4 is 39.8 Å². The maximum Gasteiger partial charge on any atom is 0.341 e. The molecule has 21 heavy (non-hydrogen) atoms. The Balaban J connectivity index is 2.33. The Bertz CT molecular complexity index is 541. The van der Waals surface area contributed by atoms with Gasteiger partial charge in [0.1, 0.15) is 5.00 Å². The number of alkyl halides is 1. The molecular formula is C15H20ClNO3S. The first-order valence-electron chi connectivity index (χ1n) is 7.24. The van der Waals surface area contributed by atoms with Gasteiger partial charge < -0.3 is 10.1 Å². The van der Waals surface area contributed by atoms with Crippen molar-refractivity contribution in [3.8, 4) is 0 Å². The summed E-state index contributed by atoms with van der Waals surface area (Å²) in [6.45, 7) is 4.32. The Hall–Kier alpha value is -1.07. The average Bonchev–Trinajstić information content (AvgIpc) is 2.75. The largest absolute Gasteiger partial charge is 0.462 e. The Kier molecular flexibility index (Phi) is 5.65. The molecule has 1 aromatic heterocycles. The highest BCUT2D eigenvalue weighted by atomic mass is 35.5. The van der Waals surface area contributed by atoms with Crippen LogP contribution in [0.3, 0.4) is 0 Å². The Morgan fingerprint density at radius 1 is 1.48 bits per heavy atom. The van der Waals surface area contributed by atoms with E-state index in [1.807, 2.05) is 0 Å². The van der Waals surface area contributed by atoms with Gasteiger partial charge in [0.25, 0.3) is 0 Å². The van der Waals surface area contributed by atoms with Gasteiger partial charge in [-0.1, -0.05) is 6.92 Å². The zero-order chi connectivity index (χ0) is 15.4. The van der Waals surface area contributed by atoms with Gasteiger partial charge in [-0.3, -0.25) is 4.79 Å². The summed E-state index contributed by atoms with van der Waals surface area (Å²) < 4.78 is 5.15. The Morgan fingerprint density at radius 2 is 2.24 bits per heavy atom. The Morgan fingerprint density at radius 3 is 2.90 bits per heavy atom. The second-order valence-electron chi connectivity index (χ2n) is 5.26. The lowest BCUT2D eigenvalue weighted by Crippen LogP contribution is -2.16. The molecular weight excluding hydrogens is 310 g/mol. The molecule has 0 aliphatic heterocycles. The number of carbonyl (C=O) groups excluding carboxylic acids is 2. The minimum atomic E-state index is -0.342. The van der Waals surface area contributed by atoms with E-state index in [1.54, 1.807) is 6.92 Å². The SMILES string of the molecule is CCOC(=O)c1c(NC(=O)CCCl)sc2c1CCC(C)C2. The molecule has 1 N–H and O–H groups in total. The third-order valence-corrected chi connectivity index (χ3v) is 4.92. The van der Waals surface area contributed by atoms with Crippen molar-refractivity contribution in [1.82, 2.24) is 0 Å². The van der Waals surface area contributed by atoms with Gasteiger partial charge in [0.05, 0.1) is 12.2 Å². The van der Waals surface area contributed by atoms with Crippen LogP contribution in [0.15, 0.2) is 0 Å². The Labute approximate surface area is 133 Å². The molecule has 0 spiro atoms. The van der Waals surface area contributed by atoms with Crippen LogP contribution in [-0.2, 0) is 22.4 Å². The molecule has 0 fully saturated rings. The van der Waals surface area contributed by atoms with Crippen LogP contribution >= 0.6 is 22.9 Å². The zero-order valence-electron chi connectivity index (χ0n) is 12.3. The van der Waals surface area contributed by atoms with Crippen LogP contribution in [0.25, 0.3) is 0 Å². The summed E-state index contributed by atoms with van der Waals surface area (Å²) in [5.74, 6) is 0.369. The lowest BCUT2D eigenvalue weighted by molar-refractivity contribution is -0.115. The van der Waals surface area contributed by atoms with Crippen LogP contribution in [0.5, 0.6) is 0 Å². The van der Waals surface area contributed by atoms with E-state index in [-0.39, 0.29) is 24.2 Å². The fourth-order valence-electron chi connectivity index (χ4n) is 2.53. The number of rotatable bonds is 5. The molecule has 0 aromatic carbocycles. The summed E-state index contributed by atoms with van der Waals surface area (Å²) >= 11 is 7.08. The van der Waals surface area contributed by atoms with Crippen LogP contribution in [-0.4, -0.2) is 24.4 Å². The highest BCUT2D eigenvalue weighted by Crippen LogP contribution is 2.40. The smallest absolute Gasteiger partial charge is 0.341 e. The number of halogens is 1. The van der Waals surface area contributed by atoms with E-state index in [2.05, 4.69) is 12.2 Å². The highest BCUT2D eigenvalue weighted by Gasteiger charge is 2.28. The summed E-state index contributed by atoms with van der Waals surface area (Å²) in [5.41, 5.74) is 1.60. The molecule has 4 nitrogen and oxygen atoms in total. The number of hydrogen-bond donors (Lipinski definition) is 1. The molecule has 1 aliphatic carbocycles. The van der Waals surface area contributed by atoms with Gasteiger partial charge in [0.2, 0.25) is 5.91 Å². The van der Waals surface area contributed by atoms with Crippen LogP contribution in [0.1, 0.15) is 47.5 Å². The van der Waals surface area contributed by atoms with E-state index in [0.29, 0.717) is 23.1 Å². The topological polar surface area (TPSA) is 55.4 Å². The van der Waals surface area contributed by atoms with Gasteiger partial charge in [0, 0.05) is 17.2 Å². The lowest BCUT2D eigenvalue weighted by atomic mass is 9.88. The number of nitrogens with one attached hydrogen (secondary N) is 1. The van der Waals surface area contributed by atoms with Gasteiger partial charge in [-0.05, 0) is 37.7 Å². The van der Waals surface area contributed by atoms with Crippen LogP contribution < -0.4 is 5.32 Å². The summed E-state index contributed by atoms with van der Waals surface area (Å²) in [5, 5.41) is 3.43. The fourth-order valence-corrected chi connectivity index (χ4v) is 4.12. The van der Waals surface area contributed by atoms with Crippen molar-refractivity contribution in [2.75, 3.05) is 17.8 Å². The predicted molar refractivity (Wildman–Crippen MR) is 85.4 cm³/mol. The summed E-state index contributed by atoms with van der Waals surface area (Å²) in [6.07, 6.45) is 3.12. The molecule has 2 rings (SSSR count). The van der Waals surface area contributed by atoms with E-state index in [4.69, 9.17) is 16.3 Å². The molecule has 6 heteroatoms. The van der Waals surface area contributed by atoms with Crippen molar-refractivity contribution in [2.45, 2.75) is 39.5 Å². The number of fused-ring (bicyclic) bond motifs is 1. The van der Waals surface area contributed by atoms with Crippen LogP contribution in [0.4, 0.5) is 5.00 Å². The first-order chi connectivity index (χ1) is 10.1. The van der Waals surface area contributed by atoms with Crippen molar-refractivity contribution < 1.29 is 14.3 Å². The maximum absolute atomic E-state index is 12.2. The fraction of sp³-hybridized carbons (Fsp3) is 0.600. The number of ether oxygens (including phenoxy) is 1. The summed E-state index contributed by atoms with van der Waals surface area (Å²) in [4.78, 5) is 25.2. The van der Waals surface area contributed by atoms with Gasteiger partial charge in [0.15, 0.2) is 0 Å². The molecule has 0 radical (unpaired) electrons. The first kappa shape index (κ1) is 16.3. The van der Waals surface area contributed by atoms with Crippen LogP contribution in [0, 0.1) is 5.92 Å². The molecule has 0 saturated carbocycles. The second kappa shape index (κ2) is 7.27. The highest BCUT2D eigenvalue weighted by molar-refractivity contribution is 7.17. The van der Waals surface area contributed by atoms with Gasteiger partial charge >= 0.3 is 5.97 Å². The molecule has 1 heterocycles. The third-order valence-electron chi connectivity index (χ3n) is 3.57. The van der Waals surface area contributed by atoms with Gasteiger partial charge in [-0.2, -0.15) is 0 Å². The number of thiophene rings is 1. The quantitative estimate of drug-likeness (QED) is 0.663. The maximum atomic E-state index is 12.2. The molecule has 0 saturated heterocycles. The monoisotopic (exact) mass is 329 g/mol. The third kappa shape index (κ3) is 3.77. The van der Waals surface area contributed by atoms with Crippen LogP contribution in [0.2, 0.25) is 0 Å². The van der Waals surface area contributed by atoms with Crippen molar-refractivity contribution in [1.29, 1.82) is 0 Å². The van der Waals surface area contributed by atoms with Gasteiger partial charge in [-0.25, -0.2) is 4.79 Å². The van der Waals surface area contributed by atoms with Gasteiger partial charge in [-0.15, -0.1) is 22.9 Å². The number of amides is 1.